The van der Waals surface area contributed by atoms with Gasteiger partial charge in [-0.15, -0.1) is 11.8 Å². The number of carbonyl (C=O) groups is 2. The lowest BCUT2D eigenvalue weighted by molar-refractivity contribution is -0.139. The highest BCUT2D eigenvalue weighted by atomic mass is 32.2. The molecule has 1 N–H and O–H groups in total. The Labute approximate surface area is 190 Å². The zero-order chi connectivity index (χ0) is 22.2. The van der Waals surface area contributed by atoms with Gasteiger partial charge in [-0.3, -0.25) is 9.59 Å². The van der Waals surface area contributed by atoms with Crippen LogP contribution in [-0.2, 0) is 16.1 Å². The summed E-state index contributed by atoms with van der Waals surface area (Å²) < 4.78 is 0. The summed E-state index contributed by atoms with van der Waals surface area (Å²) >= 11 is 1.52. The molecule has 31 heavy (non-hydrogen) atoms. The van der Waals surface area contributed by atoms with Crippen molar-refractivity contribution in [3.8, 4) is 0 Å². The fourth-order valence-corrected chi connectivity index (χ4v) is 4.77. The molecule has 2 amide bonds. The van der Waals surface area contributed by atoms with Gasteiger partial charge in [0.05, 0.1) is 5.75 Å². The maximum absolute atomic E-state index is 13.3. The summed E-state index contributed by atoms with van der Waals surface area (Å²) in [6.45, 7) is 6.39. The van der Waals surface area contributed by atoms with Gasteiger partial charge in [-0.25, -0.2) is 0 Å². The Morgan fingerprint density at radius 2 is 1.71 bits per heavy atom. The number of nitrogens with zero attached hydrogens (tertiary/aromatic N) is 1. The van der Waals surface area contributed by atoms with Crippen molar-refractivity contribution in [1.82, 2.24) is 10.2 Å². The largest absolute Gasteiger partial charge is 0.352 e. The van der Waals surface area contributed by atoms with E-state index in [1.54, 1.807) is 4.90 Å². The standard InChI is InChI=1S/C26H34N2O2S/c1-19-13-15-24(16-14-19)31-18-25(29)28(17-22-10-8-7-9-20(22)2)21(3)26(30)27-23-11-5-4-6-12-23/h7-10,13-16,21,23H,4-6,11-12,17-18H2,1-3H3,(H,27,30)/t21-/m1/s1. The zero-order valence-electron chi connectivity index (χ0n) is 18.9. The minimum absolute atomic E-state index is 0.0138. The van der Waals surface area contributed by atoms with Gasteiger partial charge in [0.2, 0.25) is 11.8 Å². The maximum atomic E-state index is 13.3. The average Bonchev–Trinajstić information content (AvgIpc) is 2.78. The van der Waals surface area contributed by atoms with Crippen molar-refractivity contribution in [3.63, 3.8) is 0 Å². The highest BCUT2D eigenvalue weighted by Crippen LogP contribution is 2.22. The molecule has 0 bridgehead atoms. The van der Waals surface area contributed by atoms with Gasteiger partial charge in [0.25, 0.3) is 0 Å². The Morgan fingerprint density at radius 3 is 2.39 bits per heavy atom. The van der Waals surface area contributed by atoms with Crippen LogP contribution in [0.15, 0.2) is 53.4 Å². The molecular weight excluding hydrogens is 404 g/mol. The number of carbonyl (C=O) groups excluding carboxylic acids is 2. The van der Waals surface area contributed by atoms with Crippen molar-refractivity contribution in [2.24, 2.45) is 0 Å². The van der Waals surface area contributed by atoms with Crippen LogP contribution < -0.4 is 5.32 Å². The van der Waals surface area contributed by atoms with Gasteiger partial charge in [0, 0.05) is 17.5 Å². The lowest BCUT2D eigenvalue weighted by atomic mass is 9.95. The molecule has 0 unspecified atom stereocenters. The van der Waals surface area contributed by atoms with Gasteiger partial charge in [-0.1, -0.05) is 61.2 Å². The predicted molar refractivity (Wildman–Crippen MR) is 128 cm³/mol. The smallest absolute Gasteiger partial charge is 0.242 e. The molecule has 166 valence electrons. The third kappa shape index (κ3) is 6.86. The topological polar surface area (TPSA) is 49.4 Å². The Balaban J connectivity index is 1.71. The SMILES string of the molecule is Cc1ccc(SCC(=O)N(Cc2ccccc2C)[C@H](C)C(=O)NC2CCCCC2)cc1. The van der Waals surface area contributed by atoms with E-state index < -0.39 is 6.04 Å². The van der Waals surface area contributed by atoms with Crippen molar-refractivity contribution in [2.75, 3.05) is 5.75 Å². The van der Waals surface area contributed by atoms with Crippen LogP contribution in [0, 0.1) is 13.8 Å². The van der Waals surface area contributed by atoms with Crippen molar-refractivity contribution in [1.29, 1.82) is 0 Å². The third-order valence-corrected chi connectivity index (χ3v) is 7.10. The van der Waals surface area contributed by atoms with Crippen molar-refractivity contribution in [2.45, 2.75) is 76.4 Å². The van der Waals surface area contributed by atoms with Crippen LogP contribution in [-0.4, -0.2) is 34.6 Å². The van der Waals surface area contributed by atoms with E-state index in [0.717, 1.165) is 28.9 Å². The first-order valence-corrected chi connectivity index (χ1v) is 12.3. The molecule has 0 aliphatic heterocycles. The number of benzene rings is 2. The molecule has 5 heteroatoms. The molecule has 0 heterocycles. The van der Waals surface area contributed by atoms with Crippen molar-refractivity contribution in [3.05, 3.63) is 65.2 Å². The number of hydrogen-bond donors (Lipinski definition) is 1. The number of amides is 2. The molecule has 2 aromatic rings. The number of nitrogens with one attached hydrogen (secondary N) is 1. The van der Waals surface area contributed by atoms with Crippen LogP contribution >= 0.6 is 11.8 Å². The van der Waals surface area contributed by atoms with E-state index in [0.29, 0.717) is 12.3 Å². The first-order chi connectivity index (χ1) is 14.9. The van der Waals surface area contributed by atoms with Gasteiger partial charge < -0.3 is 10.2 Å². The molecule has 1 atom stereocenters. The molecule has 0 aromatic heterocycles. The maximum Gasteiger partial charge on any atom is 0.242 e. The van der Waals surface area contributed by atoms with Crippen LogP contribution in [0.2, 0.25) is 0 Å². The Hall–Kier alpha value is -2.27. The minimum atomic E-state index is -0.507. The van der Waals surface area contributed by atoms with Gasteiger partial charge >= 0.3 is 0 Å². The third-order valence-electron chi connectivity index (χ3n) is 6.10. The van der Waals surface area contributed by atoms with E-state index in [-0.39, 0.29) is 17.9 Å². The summed E-state index contributed by atoms with van der Waals surface area (Å²) in [5.41, 5.74) is 3.41. The lowest BCUT2D eigenvalue weighted by Crippen LogP contribution is -2.50. The fourth-order valence-electron chi connectivity index (χ4n) is 3.98. The minimum Gasteiger partial charge on any atom is -0.352 e. The molecule has 3 rings (SSSR count). The quantitative estimate of drug-likeness (QED) is 0.572. The molecule has 0 spiro atoms. The highest BCUT2D eigenvalue weighted by molar-refractivity contribution is 8.00. The van der Waals surface area contributed by atoms with Gasteiger partial charge in [-0.05, 0) is 56.9 Å². The van der Waals surface area contributed by atoms with E-state index in [1.165, 1.54) is 36.6 Å². The van der Waals surface area contributed by atoms with Crippen LogP contribution in [0.3, 0.4) is 0 Å². The van der Waals surface area contributed by atoms with Crippen LogP contribution in [0.4, 0.5) is 0 Å². The summed E-state index contributed by atoms with van der Waals surface area (Å²) in [5.74, 6) is 0.255. The molecule has 1 aliphatic rings. The van der Waals surface area contributed by atoms with Crippen LogP contribution in [0.5, 0.6) is 0 Å². The molecule has 1 saturated carbocycles. The predicted octanol–water partition coefficient (Wildman–Crippen LogP) is 5.26. The molecule has 2 aromatic carbocycles. The molecule has 0 radical (unpaired) electrons. The second-order valence-corrected chi connectivity index (χ2v) is 9.62. The molecular formula is C26H34N2O2S. The number of aryl methyl sites for hydroxylation is 2. The van der Waals surface area contributed by atoms with Gasteiger partial charge in [-0.2, -0.15) is 0 Å². The Bertz CT molecular complexity index is 875. The van der Waals surface area contributed by atoms with Crippen molar-refractivity contribution < 1.29 is 9.59 Å². The lowest BCUT2D eigenvalue weighted by Gasteiger charge is -2.31. The van der Waals surface area contributed by atoms with E-state index in [9.17, 15) is 9.59 Å². The summed E-state index contributed by atoms with van der Waals surface area (Å²) in [5, 5.41) is 3.19. The van der Waals surface area contributed by atoms with Crippen LogP contribution in [0.25, 0.3) is 0 Å². The monoisotopic (exact) mass is 438 g/mol. The molecule has 1 aliphatic carbocycles. The second-order valence-electron chi connectivity index (χ2n) is 8.57. The number of rotatable bonds is 8. The molecule has 1 fully saturated rings. The summed E-state index contributed by atoms with van der Waals surface area (Å²) in [4.78, 5) is 29.1. The Kier molecular flexibility index (Phi) is 8.59. The van der Waals surface area contributed by atoms with Gasteiger partial charge in [0.15, 0.2) is 0 Å². The summed E-state index contributed by atoms with van der Waals surface area (Å²) in [6, 6.07) is 16.0. The molecule has 0 saturated heterocycles. The summed E-state index contributed by atoms with van der Waals surface area (Å²) in [7, 11) is 0. The fraction of sp³-hybridized carbons (Fsp3) is 0.462. The summed E-state index contributed by atoms with van der Waals surface area (Å²) in [6.07, 6.45) is 5.65. The van der Waals surface area contributed by atoms with E-state index >= 15 is 0 Å². The average molecular weight is 439 g/mol. The zero-order valence-corrected chi connectivity index (χ0v) is 19.7. The van der Waals surface area contributed by atoms with Crippen LogP contribution in [0.1, 0.15) is 55.7 Å². The number of hydrogen-bond acceptors (Lipinski definition) is 3. The highest BCUT2D eigenvalue weighted by Gasteiger charge is 2.28. The van der Waals surface area contributed by atoms with Gasteiger partial charge in [0.1, 0.15) is 6.04 Å². The van der Waals surface area contributed by atoms with Crippen molar-refractivity contribution >= 4 is 23.6 Å². The van der Waals surface area contributed by atoms with E-state index in [2.05, 4.69) is 24.4 Å². The Morgan fingerprint density at radius 1 is 1.03 bits per heavy atom. The number of thioether (sulfide) groups is 1. The van der Waals surface area contributed by atoms with E-state index in [1.807, 2.05) is 50.2 Å². The van der Waals surface area contributed by atoms with E-state index in [4.69, 9.17) is 0 Å². The first-order valence-electron chi connectivity index (χ1n) is 11.3. The normalized spacial score (nSPS) is 15.3. The second kappa shape index (κ2) is 11.4. The molecule has 4 nitrogen and oxygen atoms in total. The first kappa shape index (κ1) is 23.4.